The second kappa shape index (κ2) is 4.91. The van der Waals surface area contributed by atoms with Crippen molar-refractivity contribution >= 4 is 35.2 Å². The molecule has 0 radical (unpaired) electrons. The van der Waals surface area contributed by atoms with Crippen LogP contribution in [0, 0.1) is 0 Å². The van der Waals surface area contributed by atoms with E-state index in [1.54, 1.807) is 10.7 Å². The Morgan fingerprint density at radius 2 is 1.25 bits per heavy atom. The Kier molecular flexibility index (Phi) is 3.77. The highest BCUT2D eigenvalue weighted by molar-refractivity contribution is 7.79. The normalized spacial score (nSPS) is 29.7. The second-order valence-electron chi connectivity index (χ2n) is 2.29. The van der Waals surface area contributed by atoms with Crippen molar-refractivity contribution in [2.45, 2.75) is 0 Å². The van der Waals surface area contributed by atoms with Crippen molar-refractivity contribution in [2.75, 3.05) is 0 Å². The van der Waals surface area contributed by atoms with Crippen LogP contribution in [0.2, 0.25) is 0 Å². The van der Waals surface area contributed by atoms with Crippen LogP contribution < -0.4 is 0 Å². The summed E-state index contributed by atoms with van der Waals surface area (Å²) in [4.78, 5) is 0. The molecule has 0 atom stereocenters. The first-order valence-electron chi connectivity index (χ1n) is 3.54. The molecule has 0 aromatic heterocycles. The summed E-state index contributed by atoms with van der Waals surface area (Å²) >= 11 is 9.61. The number of allylic oxidation sites excluding steroid dienone is 8. The quantitative estimate of drug-likeness (QED) is 0.617. The third kappa shape index (κ3) is 2.64. The number of rotatable bonds is 2. The molecular formula is C10H8S2. The van der Waals surface area contributed by atoms with Crippen molar-refractivity contribution in [1.29, 1.82) is 0 Å². The minimum absolute atomic E-state index is 1.03. The van der Waals surface area contributed by atoms with Gasteiger partial charge in [-0.05, 0) is 11.1 Å². The average Bonchev–Trinajstić information content (AvgIpc) is 2.05. The number of thiocarbonyl (C=S) groups is 2. The van der Waals surface area contributed by atoms with E-state index >= 15 is 0 Å². The van der Waals surface area contributed by atoms with Crippen molar-refractivity contribution in [3.8, 4) is 0 Å². The fourth-order valence-electron chi connectivity index (χ4n) is 0.809. The second-order valence-corrected chi connectivity index (χ2v) is 2.76. The maximum absolute atomic E-state index is 4.81. The van der Waals surface area contributed by atoms with E-state index in [2.05, 4.69) is 0 Å². The van der Waals surface area contributed by atoms with Crippen molar-refractivity contribution in [2.24, 2.45) is 0 Å². The molecular weight excluding hydrogens is 184 g/mol. The zero-order chi connectivity index (χ0) is 8.81. The third-order valence-electron chi connectivity index (χ3n) is 1.43. The Labute approximate surface area is 83.0 Å². The summed E-state index contributed by atoms with van der Waals surface area (Å²) in [5, 5.41) is 3.30. The molecule has 1 aliphatic rings. The molecule has 0 N–H and O–H groups in total. The van der Waals surface area contributed by atoms with E-state index in [0.717, 1.165) is 11.1 Å². The van der Waals surface area contributed by atoms with Gasteiger partial charge in [0.15, 0.2) is 0 Å². The summed E-state index contributed by atoms with van der Waals surface area (Å²) in [7, 11) is 0. The van der Waals surface area contributed by atoms with Gasteiger partial charge in [0.05, 0.1) is 0 Å². The highest BCUT2D eigenvalue weighted by Crippen LogP contribution is 2.03. The van der Waals surface area contributed by atoms with Gasteiger partial charge in [-0.3, -0.25) is 0 Å². The van der Waals surface area contributed by atoms with Crippen molar-refractivity contribution in [3.05, 3.63) is 47.6 Å². The summed E-state index contributed by atoms with van der Waals surface area (Å²) in [6.45, 7) is 0. The van der Waals surface area contributed by atoms with Gasteiger partial charge in [-0.1, -0.05) is 60.9 Å². The molecule has 0 heterocycles. The minimum atomic E-state index is 1.03. The molecule has 12 heavy (non-hydrogen) atoms. The van der Waals surface area contributed by atoms with Gasteiger partial charge in [0, 0.05) is 10.7 Å². The van der Waals surface area contributed by atoms with Crippen LogP contribution in [0.15, 0.2) is 47.6 Å². The van der Waals surface area contributed by atoms with Crippen LogP contribution in [0.1, 0.15) is 0 Å². The van der Waals surface area contributed by atoms with E-state index < -0.39 is 0 Å². The predicted molar refractivity (Wildman–Crippen MR) is 61.8 cm³/mol. The molecule has 0 bridgehead atoms. The summed E-state index contributed by atoms with van der Waals surface area (Å²) in [6, 6.07) is 0. The van der Waals surface area contributed by atoms with E-state index in [0.29, 0.717) is 0 Å². The monoisotopic (exact) mass is 192 g/mol. The largest absolute Gasteiger partial charge is 0.0881 e. The van der Waals surface area contributed by atoms with Crippen molar-refractivity contribution < 1.29 is 0 Å². The molecule has 60 valence electrons. The Morgan fingerprint density at radius 1 is 0.833 bits per heavy atom. The highest BCUT2D eigenvalue weighted by Gasteiger charge is 1.87. The average molecular weight is 192 g/mol. The van der Waals surface area contributed by atoms with Gasteiger partial charge in [0.2, 0.25) is 0 Å². The molecule has 1 aliphatic carbocycles. The highest BCUT2D eigenvalue weighted by atomic mass is 32.1. The first-order chi connectivity index (χ1) is 5.86. The summed E-state index contributed by atoms with van der Waals surface area (Å²) in [5.41, 5.74) is 2.06. The lowest BCUT2D eigenvalue weighted by molar-refractivity contribution is 1.72. The maximum atomic E-state index is 4.81. The molecule has 0 nitrogen and oxygen atoms in total. The standard InChI is InChI=1S/C10H8S2/c11-7-9-3-1-4-10(8-12)6-2-5-9/h1-8H/b3-1-,4-1?,5-2?,6-2-,9-3?,9-5+,10-4+,10-6?. The van der Waals surface area contributed by atoms with Gasteiger partial charge in [0.25, 0.3) is 0 Å². The number of hydrogen-bond donors (Lipinski definition) is 0. The van der Waals surface area contributed by atoms with E-state index in [9.17, 15) is 0 Å². The molecule has 1 rings (SSSR count). The van der Waals surface area contributed by atoms with Crippen LogP contribution in [0.5, 0.6) is 0 Å². The lowest BCUT2D eigenvalue weighted by Crippen LogP contribution is -1.80. The van der Waals surface area contributed by atoms with E-state index in [1.165, 1.54) is 0 Å². The van der Waals surface area contributed by atoms with Gasteiger partial charge in [-0.2, -0.15) is 0 Å². The van der Waals surface area contributed by atoms with Gasteiger partial charge < -0.3 is 0 Å². The lowest BCUT2D eigenvalue weighted by atomic mass is 10.1. The summed E-state index contributed by atoms with van der Waals surface area (Å²) in [6.07, 6.45) is 11.7. The number of hydrogen-bond acceptors (Lipinski definition) is 2. The van der Waals surface area contributed by atoms with E-state index in [-0.39, 0.29) is 0 Å². The smallest absolute Gasteiger partial charge is 0.00861 e. The van der Waals surface area contributed by atoms with Gasteiger partial charge in [-0.25, -0.2) is 0 Å². The molecule has 0 fully saturated rings. The Balaban J connectivity index is 2.90. The van der Waals surface area contributed by atoms with Crippen LogP contribution in [0.4, 0.5) is 0 Å². The summed E-state index contributed by atoms with van der Waals surface area (Å²) in [5.74, 6) is 0. The maximum Gasteiger partial charge on any atom is 0.00861 e. The van der Waals surface area contributed by atoms with Gasteiger partial charge in [-0.15, -0.1) is 0 Å². The van der Waals surface area contributed by atoms with Crippen LogP contribution in [0.25, 0.3) is 0 Å². The fraction of sp³-hybridized carbons (Fsp3) is 0. The van der Waals surface area contributed by atoms with Crippen LogP contribution in [-0.4, -0.2) is 10.7 Å². The van der Waals surface area contributed by atoms with Crippen molar-refractivity contribution in [3.63, 3.8) is 0 Å². The first kappa shape index (κ1) is 9.23. The molecule has 0 unspecified atom stereocenters. The van der Waals surface area contributed by atoms with E-state index in [4.69, 9.17) is 24.4 Å². The molecule has 0 aromatic rings. The van der Waals surface area contributed by atoms with Crippen LogP contribution in [0.3, 0.4) is 0 Å². The molecule has 0 saturated heterocycles. The Bertz CT molecular complexity index is 272. The SMILES string of the molecule is S=CC1=C/C=C\C(C=S)=C/C=C\1. The molecule has 0 aliphatic heterocycles. The van der Waals surface area contributed by atoms with Crippen molar-refractivity contribution in [1.82, 2.24) is 0 Å². The van der Waals surface area contributed by atoms with E-state index in [1.807, 2.05) is 36.5 Å². The predicted octanol–water partition coefficient (Wildman–Crippen LogP) is 2.96. The van der Waals surface area contributed by atoms with Gasteiger partial charge in [0.1, 0.15) is 0 Å². The third-order valence-corrected chi connectivity index (χ3v) is 1.97. The zero-order valence-corrected chi connectivity index (χ0v) is 8.07. The minimum Gasteiger partial charge on any atom is -0.0881 e. The molecule has 0 spiro atoms. The summed E-state index contributed by atoms with van der Waals surface area (Å²) < 4.78 is 0. The van der Waals surface area contributed by atoms with Gasteiger partial charge >= 0.3 is 0 Å². The molecule has 0 saturated carbocycles. The lowest BCUT2D eigenvalue weighted by Gasteiger charge is -1.93. The van der Waals surface area contributed by atoms with Crippen LogP contribution in [-0.2, 0) is 0 Å². The molecule has 0 aromatic carbocycles. The van der Waals surface area contributed by atoms with Crippen LogP contribution >= 0.6 is 24.4 Å². The Hall–Kier alpha value is -0.860. The zero-order valence-electron chi connectivity index (χ0n) is 6.44. The topological polar surface area (TPSA) is 0 Å². The Morgan fingerprint density at radius 3 is 1.58 bits per heavy atom. The first-order valence-corrected chi connectivity index (χ1v) is 4.48. The fourth-order valence-corrected chi connectivity index (χ4v) is 1.12. The molecule has 0 amide bonds. The molecule has 2 heteroatoms.